The summed E-state index contributed by atoms with van der Waals surface area (Å²) in [7, 11) is -3.18. The number of urea groups is 1. The lowest BCUT2D eigenvalue weighted by Gasteiger charge is -2.23. The highest BCUT2D eigenvalue weighted by Crippen LogP contribution is 2.29. The van der Waals surface area contributed by atoms with Gasteiger partial charge in [0.2, 0.25) is 10.0 Å². The van der Waals surface area contributed by atoms with Crippen LogP contribution in [0.15, 0.2) is 24.3 Å². The van der Waals surface area contributed by atoms with Gasteiger partial charge in [-0.2, -0.15) is 0 Å². The van der Waals surface area contributed by atoms with Crippen LogP contribution in [-0.2, 0) is 15.4 Å². The van der Waals surface area contributed by atoms with Crippen molar-refractivity contribution in [3.8, 4) is 0 Å². The normalized spacial score (nSPS) is 12.2. The average Bonchev–Trinajstić information content (AvgIpc) is 2.45. The van der Waals surface area contributed by atoms with Gasteiger partial charge >= 0.3 is 6.03 Å². The van der Waals surface area contributed by atoms with Gasteiger partial charge in [-0.25, -0.2) is 17.5 Å². The Hall–Kier alpha value is -1.60. The Bertz CT molecular complexity index is 651. The van der Waals surface area contributed by atoms with Crippen molar-refractivity contribution in [3.63, 3.8) is 0 Å². The topological polar surface area (TPSA) is 78.5 Å². The molecule has 0 spiro atoms. The molecule has 7 heteroatoms. The molecule has 0 atom stereocenters. The fraction of sp³-hybridized carbons (Fsp3) is 0.588. The highest BCUT2D eigenvalue weighted by Gasteiger charge is 2.18. The highest BCUT2D eigenvalue weighted by atomic mass is 32.2. The number of carbonyl (C=O) groups excluding carboxylic acids is 1. The van der Waals surface area contributed by atoms with E-state index in [2.05, 4.69) is 31.4 Å². The zero-order valence-corrected chi connectivity index (χ0v) is 16.0. The van der Waals surface area contributed by atoms with Crippen LogP contribution in [-0.4, -0.2) is 44.6 Å². The molecule has 6 nitrogen and oxygen atoms in total. The van der Waals surface area contributed by atoms with Crippen molar-refractivity contribution in [2.45, 2.75) is 39.5 Å². The van der Waals surface area contributed by atoms with Crippen LogP contribution < -0.4 is 10.6 Å². The molecule has 1 aromatic rings. The molecule has 0 bridgehead atoms. The summed E-state index contributed by atoms with van der Waals surface area (Å²) in [5, 5.41) is 5.64. The number of nitrogens with zero attached hydrogens (tertiary/aromatic N) is 1. The van der Waals surface area contributed by atoms with Crippen molar-refractivity contribution in [1.82, 2.24) is 9.62 Å². The molecule has 2 amide bonds. The summed E-state index contributed by atoms with van der Waals surface area (Å²) >= 11 is 0. The van der Waals surface area contributed by atoms with Crippen LogP contribution in [0, 0.1) is 0 Å². The smallest absolute Gasteiger partial charge is 0.319 e. The molecule has 1 aromatic carbocycles. The first-order valence-electron chi connectivity index (χ1n) is 8.15. The monoisotopic (exact) mass is 355 g/mol. The average molecular weight is 356 g/mol. The van der Waals surface area contributed by atoms with Crippen LogP contribution in [0.3, 0.4) is 0 Å². The second-order valence-electron chi connectivity index (χ2n) is 6.78. The minimum atomic E-state index is -3.18. The quantitative estimate of drug-likeness (QED) is 0.738. The fourth-order valence-electron chi connectivity index (χ4n) is 2.43. The van der Waals surface area contributed by atoms with E-state index in [1.165, 1.54) is 10.6 Å². The SMILES string of the molecule is CCN(CCCNC(=O)Nc1ccccc1C(C)(C)C)S(C)(=O)=O. The third-order valence-corrected chi connectivity index (χ3v) is 5.05. The number of anilines is 1. The molecule has 0 heterocycles. The summed E-state index contributed by atoms with van der Waals surface area (Å²) in [6, 6.07) is 7.43. The lowest BCUT2D eigenvalue weighted by atomic mass is 9.86. The van der Waals surface area contributed by atoms with Crippen LogP contribution in [0.5, 0.6) is 0 Å². The third kappa shape index (κ3) is 6.49. The van der Waals surface area contributed by atoms with Crippen molar-refractivity contribution in [2.24, 2.45) is 0 Å². The van der Waals surface area contributed by atoms with E-state index >= 15 is 0 Å². The Balaban J connectivity index is 2.51. The maximum Gasteiger partial charge on any atom is 0.319 e. The van der Waals surface area contributed by atoms with Gasteiger partial charge in [0.15, 0.2) is 0 Å². The van der Waals surface area contributed by atoms with Crippen molar-refractivity contribution in [2.75, 3.05) is 31.2 Å². The molecule has 136 valence electrons. The zero-order chi connectivity index (χ0) is 18.4. The third-order valence-electron chi connectivity index (χ3n) is 3.67. The molecule has 0 saturated carbocycles. The van der Waals surface area contributed by atoms with Crippen LogP contribution >= 0.6 is 0 Å². The van der Waals surface area contributed by atoms with Crippen LogP contribution in [0.4, 0.5) is 10.5 Å². The number of amides is 2. The number of sulfonamides is 1. The largest absolute Gasteiger partial charge is 0.338 e. The molecule has 0 saturated heterocycles. The van der Waals surface area contributed by atoms with E-state index in [0.717, 1.165) is 11.3 Å². The summed E-state index contributed by atoms with van der Waals surface area (Å²) in [4.78, 5) is 12.0. The van der Waals surface area contributed by atoms with E-state index in [9.17, 15) is 13.2 Å². The number of benzene rings is 1. The summed E-state index contributed by atoms with van der Waals surface area (Å²) in [6.07, 6.45) is 1.76. The standard InChI is InChI=1S/C17H29N3O3S/c1-6-20(24(5,22)23)13-9-12-18-16(21)19-15-11-8-7-10-14(15)17(2,3)4/h7-8,10-11H,6,9,12-13H2,1-5H3,(H2,18,19,21). The maximum atomic E-state index is 12.0. The van der Waals surface area contributed by atoms with Crippen LogP contribution in [0.25, 0.3) is 0 Å². The van der Waals surface area contributed by atoms with Gasteiger partial charge in [-0.3, -0.25) is 0 Å². The van der Waals surface area contributed by atoms with Gasteiger partial charge in [-0.1, -0.05) is 45.9 Å². The van der Waals surface area contributed by atoms with Gasteiger partial charge in [-0.05, 0) is 23.5 Å². The van der Waals surface area contributed by atoms with Gasteiger partial charge < -0.3 is 10.6 Å². The second kappa shape index (κ2) is 8.48. The Kier molecular flexibility index (Phi) is 7.23. The molecule has 24 heavy (non-hydrogen) atoms. The van der Waals surface area contributed by atoms with Crippen molar-refractivity contribution in [3.05, 3.63) is 29.8 Å². The van der Waals surface area contributed by atoms with E-state index in [4.69, 9.17) is 0 Å². The van der Waals surface area contributed by atoms with E-state index in [1.54, 1.807) is 6.92 Å². The molecule has 0 aromatic heterocycles. The van der Waals surface area contributed by atoms with E-state index in [-0.39, 0.29) is 11.4 Å². The number of para-hydroxylation sites is 1. The molecule has 0 fully saturated rings. The van der Waals surface area contributed by atoms with Crippen molar-refractivity contribution >= 4 is 21.7 Å². The lowest BCUT2D eigenvalue weighted by Crippen LogP contribution is -2.35. The van der Waals surface area contributed by atoms with Crippen molar-refractivity contribution < 1.29 is 13.2 Å². The first kappa shape index (κ1) is 20.4. The molecule has 0 aliphatic rings. The molecule has 0 radical (unpaired) electrons. The van der Waals surface area contributed by atoms with Gasteiger partial charge in [-0.15, -0.1) is 0 Å². The van der Waals surface area contributed by atoms with E-state index < -0.39 is 10.0 Å². The number of nitrogens with one attached hydrogen (secondary N) is 2. The Labute approximate surface area is 145 Å². The maximum absolute atomic E-state index is 12.0. The molecule has 0 unspecified atom stereocenters. The molecular weight excluding hydrogens is 326 g/mol. The van der Waals surface area contributed by atoms with Gasteiger partial charge in [0, 0.05) is 25.3 Å². The highest BCUT2D eigenvalue weighted by molar-refractivity contribution is 7.88. The first-order valence-corrected chi connectivity index (χ1v) is 10.00. The summed E-state index contributed by atoms with van der Waals surface area (Å²) in [5.41, 5.74) is 1.78. The van der Waals surface area contributed by atoms with Crippen molar-refractivity contribution in [1.29, 1.82) is 0 Å². The number of carbonyl (C=O) groups is 1. The summed E-state index contributed by atoms with van der Waals surface area (Å²) < 4.78 is 24.4. The lowest BCUT2D eigenvalue weighted by molar-refractivity contribution is 0.251. The predicted molar refractivity (Wildman–Crippen MR) is 98.9 cm³/mol. The first-order chi connectivity index (χ1) is 11.1. The second-order valence-corrected chi connectivity index (χ2v) is 8.77. The molecule has 0 aliphatic carbocycles. The van der Waals surface area contributed by atoms with Gasteiger partial charge in [0.05, 0.1) is 6.26 Å². The van der Waals surface area contributed by atoms with Crippen LogP contribution in [0.2, 0.25) is 0 Å². The number of hydrogen-bond acceptors (Lipinski definition) is 3. The van der Waals surface area contributed by atoms with Gasteiger partial charge in [0.25, 0.3) is 0 Å². The summed E-state index contributed by atoms with van der Waals surface area (Å²) in [6.45, 7) is 9.32. The zero-order valence-electron chi connectivity index (χ0n) is 15.2. The number of rotatable bonds is 7. The Morgan fingerprint density at radius 2 is 1.83 bits per heavy atom. The summed E-state index contributed by atoms with van der Waals surface area (Å²) in [5.74, 6) is 0. The van der Waals surface area contributed by atoms with Gasteiger partial charge in [0.1, 0.15) is 0 Å². The minimum Gasteiger partial charge on any atom is -0.338 e. The molecular formula is C17H29N3O3S. The van der Waals surface area contributed by atoms with E-state index in [0.29, 0.717) is 26.1 Å². The fourth-order valence-corrected chi connectivity index (χ4v) is 3.36. The Morgan fingerprint density at radius 3 is 2.38 bits per heavy atom. The predicted octanol–water partition coefficient (Wildman–Crippen LogP) is 2.78. The molecule has 1 rings (SSSR count). The van der Waals surface area contributed by atoms with E-state index in [1.807, 2.05) is 24.3 Å². The Morgan fingerprint density at radius 1 is 1.21 bits per heavy atom. The molecule has 2 N–H and O–H groups in total. The molecule has 0 aliphatic heterocycles. The van der Waals surface area contributed by atoms with Crippen LogP contribution in [0.1, 0.15) is 39.7 Å². The number of hydrogen-bond donors (Lipinski definition) is 2. The minimum absolute atomic E-state index is 0.0685.